The average Bonchev–Trinajstić information content (AvgIpc) is 2.79. The van der Waals surface area contributed by atoms with E-state index in [0.29, 0.717) is 0 Å². The number of aliphatic hydroxyl groups is 1. The molecular formula is C15H24F2N3O6P. The first-order valence-electron chi connectivity index (χ1n) is 8.46. The second kappa shape index (κ2) is 8.32. The topological polar surface area (TPSA) is 126 Å². The van der Waals surface area contributed by atoms with Crippen LogP contribution in [0.25, 0.3) is 0 Å². The van der Waals surface area contributed by atoms with Gasteiger partial charge in [-0.25, -0.2) is 13.6 Å². The Morgan fingerprint density at radius 1 is 1.48 bits per heavy atom. The fourth-order valence-corrected chi connectivity index (χ4v) is 4.47. The molecule has 1 aromatic heterocycles. The van der Waals surface area contributed by atoms with Crippen molar-refractivity contribution >= 4 is 13.4 Å². The molecule has 1 aliphatic rings. The number of hydrogen-bond acceptors (Lipinski definition) is 8. The monoisotopic (exact) mass is 411 g/mol. The van der Waals surface area contributed by atoms with Crippen molar-refractivity contribution in [3.8, 4) is 0 Å². The van der Waals surface area contributed by atoms with E-state index >= 15 is 4.39 Å². The summed E-state index contributed by atoms with van der Waals surface area (Å²) in [5.41, 5.74) is 2.08. The van der Waals surface area contributed by atoms with Gasteiger partial charge in [-0.3, -0.25) is 9.13 Å². The van der Waals surface area contributed by atoms with Gasteiger partial charge in [0.25, 0.3) is 0 Å². The number of halogens is 2. The Morgan fingerprint density at radius 3 is 2.59 bits per heavy atom. The summed E-state index contributed by atoms with van der Waals surface area (Å²) < 4.78 is 58.3. The third kappa shape index (κ3) is 4.38. The van der Waals surface area contributed by atoms with E-state index in [0.717, 1.165) is 11.5 Å². The van der Waals surface area contributed by atoms with Gasteiger partial charge in [-0.1, -0.05) is 0 Å². The summed E-state index contributed by atoms with van der Waals surface area (Å²) in [6.45, 7) is 3.95. The highest BCUT2D eigenvalue weighted by Gasteiger charge is 2.56. The highest BCUT2D eigenvalue weighted by Crippen LogP contribution is 2.56. The van der Waals surface area contributed by atoms with E-state index in [1.165, 1.54) is 26.1 Å². The fourth-order valence-electron chi connectivity index (χ4n) is 2.89. The van der Waals surface area contributed by atoms with Crippen LogP contribution >= 0.6 is 7.60 Å². The van der Waals surface area contributed by atoms with Crippen molar-refractivity contribution in [1.29, 1.82) is 0 Å². The SMILES string of the molecule is CCOP(=O)(OCC)C(F)C[C@H]1O[C@@H](n2ccc(N)nc2=O)[C@](C)(F)[C@@H]1O. The average molecular weight is 411 g/mol. The van der Waals surface area contributed by atoms with Crippen LogP contribution in [0.15, 0.2) is 17.1 Å². The molecule has 0 aromatic carbocycles. The van der Waals surface area contributed by atoms with Crippen molar-refractivity contribution in [3.05, 3.63) is 22.7 Å². The molecule has 2 heterocycles. The maximum atomic E-state index is 15.1. The zero-order valence-electron chi connectivity index (χ0n) is 15.2. The van der Waals surface area contributed by atoms with Crippen LogP contribution in [0.3, 0.4) is 0 Å². The number of aliphatic hydroxyl groups excluding tert-OH is 1. The first-order valence-corrected chi connectivity index (χ1v) is 10.1. The quantitative estimate of drug-likeness (QED) is 0.620. The lowest BCUT2D eigenvalue weighted by molar-refractivity contribution is -0.0541. The van der Waals surface area contributed by atoms with Gasteiger partial charge < -0.3 is 24.6 Å². The third-order valence-electron chi connectivity index (χ3n) is 4.21. The van der Waals surface area contributed by atoms with E-state index in [4.69, 9.17) is 19.5 Å². The summed E-state index contributed by atoms with van der Waals surface area (Å²) in [4.78, 5) is 15.4. The zero-order valence-corrected chi connectivity index (χ0v) is 16.1. The predicted octanol–water partition coefficient (Wildman–Crippen LogP) is 1.76. The Kier molecular flexibility index (Phi) is 6.75. The van der Waals surface area contributed by atoms with E-state index in [9.17, 15) is 18.9 Å². The van der Waals surface area contributed by atoms with Crippen LogP contribution in [-0.4, -0.2) is 51.7 Å². The lowest BCUT2D eigenvalue weighted by Crippen LogP contribution is -2.42. The largest absolute Gasteiger partial charge is 0.387 e. The fraction of sp³-hybridized carbons (Fsp3) is 0.733. The van der Waals surface area contributed by atoms with Crippen LogP contribution in [0.1, 0.15) is 33.4 Å². The van der Waals surface area contributed by atoms with Gasteiger partial charge in [0.2, 0.25) is 5.91 Å². The molecule has 1 aromatic rings. The molecule has 0 spiro atoms. The number of hydrogen-bond donors (Lipinski definition) is 2. The number of nitrogens with two attached hydrogens (primary N) is 1. The molecule has 0 aliphatic carbocycles. The van der Waals surface area contributed by atoms with Crippen LogP contribution in [-0.2, 0) is 18.3 Å². The number of alkyl halides is 2. The van der Waals surface area contributed by atoms with Crippen LogP contribution in [0.5, 0.6) is 0 Å². The normalized spacial score (nSPS) is 29.8. The molecule has 5 atom stereocenters. The highest BCUT2D eigenvalue weighted by atomic mass is 31.2. The zero-order chi connectivity index (χ0) is 20.4. The van der Waals surface area contributed by atoms with Crippen LogP contribution in [0.2, 0.25) is 0 Å². The molecule has 0 saturated carbocycles. The Hall–Kier alpha value is -1.39. The Balaban J connectivity index is 2.25. The molecule has 1 aliphatic heterocycles. The molecule has 0 radical (unpaired) electrons. The van der Waals surface area contributed by atoms with Crippen LogP contribution in [0, 0.1) is 0 Å². The van der Waals surface area contributed by atoms with Gasteiger partial charge in [0.05, 0.1) is 19.3 Å². The molecule has 9 nitrogen and oxygen atoms in total. The lowest BCUT2D eigenvalue weighted by atomic mass is 9.97. The van der Waals surface area contributed by atoms with Crippen molar-refractivity contribution in [1.82, 2.24) is 9.55 Å². The molecule has 1 fully saturated rings. The van der Waals surface area contributed by atoms with Crippen molar-refractivity contribution < 1.29 is 32.2 Å². The van der Waals surface area contributed by atoms with Crippen LogP contribution in [0.4, 0.5) is 14.6 Å². The highest BCUT2D eigenvalue weighted by molar-refractivity contribution is 7.54. The van der Waals surface area contributed by atoms with Crippen LogP contribution < -0.4 is 11.4 Å². The summed E-state index contributed by atoms with van der Waals surface area (Å²) in [5, 5.41) is 10.3. The van der Waals surface area contributed by atoms with Crippen molar-refractivity contribution in [2.45, 2.75) is 57.2 Å². The molecule has 27 heavy (non-hydrogen) atoms. The van der Waals surface area contributed by atoms with Crippen molar-refractivity contribution in [3.63, 3.8) is 0 Å². The van der Waals surface area contributed by atoms with Crippen molar-refractivity contribution in [2.75, 3.05) is 18.9 Å². The Bertz CT molecular complexity index is 751. The third-order valence-corrected chi connectivity index (χ3v) is 6.34. The number of nitrogen functional groups attached to an aromatic ring is 1. The van der Waals surface area contributed by atoms with Gasteiger partial charge in [-0.15, -0.1) is 0 Å². The Morgan fingerprint density at radius 2 is 2.07 bits per heavy atom. The number of rotatable bonds is 8. The second-order valence-electron chi connectivity index (χ2n) is 6.21. The predicted molar refractivity (Wildman–Crippen MR) is 92.7 cm³/mol. The molecule has 3 N–H and O–H groups in total. The molecule has 0 amide bonds. The lowest BCUT2D eigenvalue weighted by Gasteiger charge is -2.25. The minimum absolute atomic E-state index is 0.0538. The minimum Gasteiger partial charge on any atom is -0.387 e. The van der Waals surface area contributed by atoms with E-state index in [2.05, 4.69) is 4.98 Å². The van der Waals surface area contributed by atoms with E-state index < -0.39 is 49.7 Å². The molecule has 154 valence electrons. The number of ether oxygens (including phenoxy) is 1. The first kappa shape index (κ1) is 21.9. The van der Waals surface area contributed by atoms with E-state index in [1.807, 2.05) is 0 Å². The summed E-state index contributed by atoms with van der Waals surface area (Å²) in [7, 11) is -4.12. The minimum atomic E-state index is -4.12. The van der Waals surface area contributed by atoms with Gasteiger partial charge in [-0.05, 0) is 26.8 Å². The number of aromatic nitrogens is 2. The maximum Gasteiger partial charge on any atom is 0.364 e. The summed E-state index contributed by atoms with van der Waals surface area (Å²) in [6.07, 6.45) is -4.23. The number of anilines is 1. The van der Waals surface area contributed by atoms with Gasteiger partial charge in [-0.2, -0.15) is 4.98 Å². The van der Waals surface area contributed by atoms with Gasteiger partial charge >= 0.3 is 13.3 Å². The summed E-state index contributed by atoms with van der Waals surface area (Å²) in [6, 6.07) is 1.26. The standard InChI is InChI=1S/C15H24F2N3O6P/c1-4-24-27(23,25-5-2)10(16)8-9-12(21)15(3,17)13(26-9)20-7-6-11(18)19-14(20)22/h6-7,9-10,12-13,21H,4-5,8H2,1-3H3,(H2,18,19,22)/t9-,10?,12-,13-,15-/m1/s1. The maximum absolute atomic E-state index is 15.1. The molecule has 0 bridgehead atoms. The Labute approximate surface area is 155 Å². The summed E-state index contributed by atoms with van der Waals surface area (Å²) in [5.74, 6) is -2.21. The first-order chi connectivity index (χ1) is 12.6. The molecule has 2 rings (SSSR count). The molecular weight excluding hydrogens is 387 g/mol. The van der Waals surface area contributed by atoms with Gasteiger partial charge in [0.15, 0.2) is 11.9 Å². The van der Waals surface area contributed by atoms with Gasteiger partial charge in [0.1, 0.15) is 11.9 Å². The number of nitrogens with zero attached hydrogens (tertiary/aromatic N) is 2. The summed E-state index contributed by atoms with van der Waals surface area (Å²) >= 11 is 0. The van der Waals surface area contributed by atoms with E-state index in [-0.39, 0.29) is 19.0 Å². The van der Waals surface area contributed by atoms with E-state index in [1.54, 1.807) is 0 Å². The van der Waals surface area contributed by atoms with Crippen molar-refractivity contribution in [2.24, 2.45) is 0 Å². The second-order valence-corrected chi connectivity index (χ2v) is 8.37. The smallest absolute Gasteiger partial charge is 0.364 e. The molecule has 12 heteroatoms. The van der Waals surface area contributed by atoms with Gasteiger partial charge in [0, 0.05) is 12.6 Å². The molecule has 1 saturated heterocycles. The molecule has 1 unspecified atom stereocenters.